The summed E-state index contributed by atoms with van der Waals surface area (Å²) >= 11 is 6.14. The first-order chi connectivity index (χ1) is 14.7. The van der Waals surface area contributed by atoms with Crippen LogP contribution in [0.1, 0.15) is 18.9 Å². The average Bonchev–Trinajstić information content (AvgIpc) is 3.45. The number of hydrogen-bond donors (Lipinski definition) is 2. The Morgan fingerprint density at radius 2 is 2.07 bits per heavy atom. The van der Waals surface area contributed by atoms with Crippen LogP contribution in [0, 0.1) is 0 Å². The maximum absolute atomic E-state index is 6.14. The summed E-state index contributed by atoms with van der Waals surface area (Å²) in [6, 6.07) is 16.6. The van der Waals surface area contributed by atoms with Crippen molar-refractivity contribution in [3.05, 3.63) is 71.8 Å². The molecule has 1 atom stereocenters. The Hall–Kier alpha value is -3.06. The zero-order valence-electron chi connectivity index (χ0n) is 17.0. The molecule has 3 aromatic rings. The van der Waals surface area contributed by atoms with Crippen LogP contribution in [-0.4, -0.2) is 46.4 Å². The van der Waals surface area contributed by atoms with Crippen LogP contribution in [0.2, 0.25) is 5.02 Å². The SMILES string of the molecule is CCNC(=NCc1ccc(-n2cncn2)cc1)NC1CCN(c2cccc(Cl)c2)C1. The molecule has 2 heterocycles. The van der Waals surface area contributed by atoms with Crippen molar-refractivity contribution in [1.82, 2.24) is 25.4 Å². The van der Waals surface area contributed by atoms with E-state index in [9.17, 15) is 0 Å². The van der Waals surface area contributed by atoms with Crippen molar-refractivity contribution >= 4 is 23.2 Å². The molecule has 1 aromatic heterocycles. The monoisotopic (exact) mass is 423 g/mol. The third-order valence-electron chi connectivity index (χ3n) is 5.09. The second-order valence-electron chi connectivity index (χ2n) is 7.26. The number of hydrogen-bond acceptors (Lipinski definition) is 4. The minimum absolute atomic E-state index is 0.344. The first kappa shape index (κ1) is 20.2. The standard InChI is InChI=1S/C22H26ClN7/c1-2-25-22(26-13-17-6-8-20(9-7-17)30-16-24-15-27-30)28-19-10-11-29(14-19)21-5-3-4-18(23)12-21/h3-9,12,15-16,19H,2,10-11,13-14H2,1H3,(H2,25,26,28). The number of aromatic nitrogens is 3. The molecule has 156 valence electrons. The van der Waals surface area contributed by atoms with E-state index in [1.165, 1.54) is 12.0 Å². The van der Waals surface area contributed by atoms with Gasteiger partial charge < -0.3 is 15.5 Å². The molecule has 0 saturated carbocycles. The lowest BCUT2D eigenvalue weighted by atomic mass is 10.2. The largest absolute Gasteiger partial charge is 0.369 e. The van der Waals surface area contributed by atoms with Crippen LogP contribution in [0.3, 0.4) is 0 Å². The minimum atomic E-state index is 0.344. The second-order valence-corrected chi connectivity index (χ2v) is 7.69. The third-order valence-corrected chi connectivity index (χ3v) is 5.32. The van der Waals surface area contributed by atoms with Crippen molar-refractivity contribution in [3.63, 3.8) is 0 Å². The van der Waals surface area contributed by atoms with Gasteiger partial charge in [-0.2, -0.15) is 5.10 Å². The number of halogens is 1. The highest BCUT2D eigenvalue weighted by Gasteiger charge is 2.23. The molecular formula is C22H26ClN7. The lowest BCUT2D eigenvalue weighted by Crippen LogP contribution is -2.44. The molecule has 1 aliphatic rings. The number of anilines is 1. The first-order valence-electron chi connectivity index (χ1n) is 10.2. The normalized spacial score (nSPS) is 16.7. The predicted molar refractivity (Wildman–Crippen MR) is 121 cm³/mol. The van der Waals surface area contributed by atoms with Crippen LogP contribution in [0.25, 0.3) is 5.69 Å². The maximum atomic E-state index is 6.14. The van der Waals surface area contributed by atoms with Gasteiger partial charge in [0.15, 0.2) is 5.96 Å². The molecule has 1 saturated heterocycles. The van der Waals surface area contributed by atoms with Crippen molar-refractivity contribution in [2.45, 2.75) is 25.9 Å². The third kappa shape index (κ3) is 5.10. The first-order valence-corrected chi connectivity index (χ1v) is 10.6. The Morgan fingerprint density at radius 1 is 1.20 bits per heavy atom. The van der Waals surface area contributed by atoms with E-state index in [0.29, 0.717) is 12.6 Å². The van der Waals surface area contributed by atoms with E-state index in [0.717, 1.165) is 48.3 Å². The molecule has 0 amide bonds. The smallest absolute Gasteiger partial charge is 0.191 e. The Balaban J connectivity index is 1.36. The van der Waals surface area contributed by atoms with Crippen LogP contribution in [0.5, 0.6) is 0 Å². The Labute approximate surface area is 181 Å². The molecule has 0 aliphatic carbocycles. The molecule has 1 unspecified atom stereocenters. The Kier molecular flexibility index (Phi) is 6.49. The van der Waals surface area contributed by atoms with Crippen LogP contribution in [-0.2, 0) is 6.54 Å². The fourth-order valence-electron chi connectivity index (χ4n) is 3.56. The predicted octanol–water partition coefficient (Wildman–Crippen LogP) is 3.25. The Bertz CT molecular complexity index is 969. The van der Waals surface area contributed by atoms with Gasteiger partial charge in [-0.3, -0.25) is 0 Å². The molecule has 8 heteroatoms. The quantitative estimate of drug-likeness (QED) is 0.470. The summed E-state index contributed by atoms with van der Waals surface area (Å²) in [4.78, 5) is 11.1. The van der Waals surface area contributed by atoms with Crippen molar-refractivity contribution in [3.8, 4) is 5.69 Å². The zero-order chi connectivity index (χ0) is 20.8. The van der Waals surface area contributed by atoms with E-state index < -0.39 is 0 Å². The minimum Gasteiger partial charge on any atom is -0.369 e. The van der Waals surface area contributed by atoms with Gasteiger partial charge in [0.05, 0.1) is 12.2 Å². The molecule has 1 fully saturated rings. The topological polar surface area (TPSA) is 70.4 Å². The number of aliphatic imine (C=N–C) groups is 1. The van der Waals surface area contributed by atoms with Gasteiger partial charge in [-0.25, -0.2) is 14.7 Å². The lowest BCUT2D eigenvalue weighted by molar-refractivity contribution is 0.649. The molecule has 4 rings (SSSR count). The molecule has 0 radical (unpaired) electrons. The number of benzene rings is 2. The van der Waals surface area contributed by atoms with Crippen LogP contribution >= 0.6 is 11.6 Å². The van der Waals surface area contributed by atoms with Gasteiger partial charge >= 0.3 is 0 Å². The van der Waals surface area contributed by atoms with Crippen molar-refractivity contribution < 1.29 is 0 Å². The van der Waals surface area contributed by atoms with Crippen molar-refractivity contribution in [2.75, 3.05) is 24.5 Å². The molecule has 7 nitrogen and oxygen atoms in total. The average molecular weight is 424 g/mol. The summed E-state index contributed by atoms with van der Waals surface area (Å²) in [5, 5.41) is 11.9. The Morgan fingerprint density at radius 3 is 2.80 bits per heavy atom. The van der Waals surface area contributed by atoms with E-state index in [2.05, 4.69) is 50.7 Å². The van der Waals surface area contributed by atoms with Gasteiger partial charge in [0.2, 0.25) is 0 Å². The van der Waals surface area contributed by atoms with E-state index >= 15 is 0 Å². The summed E-state index contributed by atoms with van der Waals surface area (Å²) < 4.78 is 1.74. The number of rotatable bonds is 6. The van der Waals surface area contributed by atoms with E-state index in [-0.39, 0.29) is 0 Å². The molecule has 30 heavy (non-hydrogen) atoms. The van der Waals surface area contributed by atoms with Gasteiger partial charge in [-0.15, -0.1) is 0 Å². The van der Waals surface area contributed by atoms with Crippen molar-refractivity contribution in [1.29, 1.82) is 0 Å². The van der Waals surface area contributed by atoms with Crippen LogP contribution < -0.4 is 15.5 Å². The highest BCUT2D eigenvalue weighted by molar-refractivity contribution is 6.30. The number of nitrogens with zero attached hydrogens (tertiary/aromatic N) is 5. The molecule has 2 N–H and O–H groups in total. The van der Waals surface area contributed by atoms with Gasteiger partial charge in [0.1, 0.15) is 12.7 Å². The van der Waals surface area contributed by atoms with Gasteiger partial charge in [-0.1, -0.05) is 29.8 Å². The molecular weight excluding hydrogens is 398 g/mol. The lowest BCUT2D eigenvalue weighted by Gasteiger charge is -2.20. The fourth-order valence-corrected chi connectivity index (χ4v) is 3.75. The van der Waals surface area contributed by atoms with Gasteiger partial charge in [0, 0.05) is 36.4 Å². The van der Waals surface area contributed by atoms with E-state index in [1.54, 1.807) is 11.0 Å². The number of guanidine groups is 1. The summed E-state index contributed by atoms with van der Waals surface area (Å²) in [6.45, 7) is 5.44. The second kappa shape index (κ2) is 9.63. The maximum Gasteiger partial charge on any atom is 0.191 e. The highest BCUT2D eigenvalue weighted by Crippen LogP contribution is 2.23. The molecule has 0 bridgehead atoms. The van der Waals surface area contributed by atoms with Gasteiger partial charge in [0.25, 0.3) is 0 Å². The fraction of sp³-hybridized carbons (Fsp3) is 0.318. The van der Waals surface area contributed by atoms with E-state index in [1.807, 2.05) is 30.3 Å². The van der Waals surface area contributed by atoms with Crippen LogP contribution in [0.15, 0.2) is 66.2 Å². The summed E-state index contributed by atoms with van der Waals surface area (Å²) in [7, 11) is 0. The van der Waals surface area contributed by atoms with Crippen LogP contribution in [0.4, 0.5) is 5.69 Å². The number of nitrogens with one attached hydrogen (secondary N) is 2. The molecule has 1 aliphatic heterocycles. The van der Waals surface area contributed by atoms with Gasteiger partial charge in [-0.05, 0) is 49.2 Å². The highest BCUT2D eigenvalue weighted by atomic mass is 35.5. The van der Waals surface area contributed by atoms with E-state index in [4.69, 9.17) is 16.6 Å². The zero-order valence-corrected chi connectivity index (χ0v) is 17.8. The summed E-state index contributed by atoms with van der Waals surface area (Å²) in [5.41, 5.74) is 3.29. The summed E-state index contributed by atoms with van der Waals surface area (Å²) in [5.74, 6) is 0.843. The molecule has 0 spiro atoms. The molecule has 2 aromatic carbocycles. The summed E-state index contributed by atoms with van der Waals surface area (Å²) in [6.07, 6.45) is 4.28. The van der Waals surface area contributed by atoms with Crippen molar-refractivity contribution in [2.24, 2.45) is 4.99 Å².